The minimum atomic E-state index is -0.569. The second kappa shape index (κ2) is 8.55. The molecule has 0 fully saturated rings. The Labute approximate surface area is 159 Å². The van der Waals surface area contributed by atoms with Gasteiger partial charge in [-0.05, 0) is 60.7 Å². The number of nitrogens with one attached hydrogen (secondary N) is 2. The number of carbonyl (C=O) groups is 1. The van der Waals surface area contributed by atoms with Gasteiger partial charge >= 0.3 is 0 Å². The third kappa shape index (κ3) is 5.10. The van der Waals surface area contributed by atoms with Crippen LogP contribution in [0.25, 0.3) is 0 Å². The molecule has 0 spiro atoms. The van der Waals surface area contributed by atoms with Gasteiger partial charge in [-0.2, -0.15) is 0 Å². The van der Waals surface area contributed by atoms with Gasteiger partial charge in [-0.15, -0.1) is 0 Å². The van der Waals surface area contributed by atoms with Crippen molar-refractivity contribution in [2.45, 2.75) is 6.92 Å². The Kier molecular flexibility index (Phi) is 6.69. The molecule has 2 N–H and O–H groups in total. The lowest BCUT2D eigenvalue weighted by atomic mass is 10.0. The predicted molar refractivity (Wildman–Crippen MR) is 105 cm³/mol. The molecule has 0 saturated heterocycles. The number of aromatic nitrogens is 2. The van der Waals surface area contributed by atoms with E-state index in [9.17, 15) is 9.18 Å². The van der Waals surface area contributed by atoms with Gasteiger partial charge < -0.3 is 9.82 Å². The predicted octanol–water partition coefficient (Wildman–Crippen LogP) is 4.46. The Morgan fingerprint density at radius 1 is 1.36 bits per heavy atom. The molecule has 0 aliphatic rings. The largest absolute Gasteiger partial charge is 0.314 e. The van der Waals surface area contributed by atoms with Gasteiger partial charge in [0, 0.05) is 41.6 Å². The molecule has 5 nitrogen and oxygen atoms in total. The summed E-state index contributed by atoms with van der Waals surface area (Å²) in [6, 6.07) is 6.57. The van der Waals surface area contributed by atoms with Crippen LogP contribution in [0.15, 0.2) is 41.1 Å². The first-order chi connectivity index (χ1) is 11.8. The zero-order valence-electron chi connectivity index (χ0n) is 14.4. The minimum Gasteiger partial charge on any atom is -0.314 e. The van der Waals surface area contributed by atoms with E-state index in [1.807, 2.05) is 33.3 Å². The lowest BCUT2D eigenvalue weighted by molar-refractivity contribution is 0.103. The van der Waals surface area contributed by atoms with Gasteiger partial charge in [-0.1, -0.05) is 6.07 Å². The van der Waals surface area contributed by atoms with Gasteiger partial charge in [0.05, 0.1) is 11.3 Å². The summed E-state index contributed by atoms with van der Waals surface area (Å²) < 4.78 is 22.0. The van der Waals surface area contributed by atoms with Gasteiger partial charge in [-0.25, -0.2) is 8.70 Å². The van der Waals surface area contributed by atoms with Gasteiger partial charge in [0.1, 0.15) is 0 Å². The van der Waals surface area contributed by atoms with Crippen molar-refractivity contribution in [3.8, 4) is 0 Å². The number of aryl methyl sites for hydroxylation is 2. The minimum absolute atomic E-state index is 0.0217. The standard InChI is InChI=1S/C17H20BrFN4OS/c1-11-8-12(18)10-23(4)20-9-14(11)17(24)13-6-5-7-15(16(13)19)21-25-22(2)3/h5-10,20-21H,1-4H3. The van der Waals surface area contributed by atoms with Crippen molar-refractivity contribution >= 4 is 39.5 Å². The van der Waals surface area contributed by atoms with Crippen LogP contribution in [0.5, 0.6) is 0 Å². The fourth-order valence-corrected chi connectivity index (χ4v) is 3.23. The average Bonchev–Trinajstić information content (AvgIpc) is 2.52. The van der Waals surface area contributed by atoms with Crippen LogP contribution in [0, 0.1) is 12.7 Å². The van der Waals surface area contributed by atoms with Gasteiger partial charge in [-0.3, -0.25) is 9.48 Å². The number of hydrogen-bond donors (Lipinski definition) is 2. The number of H-pyrrole nitrogens is 1. The maximum absolute atomic E-state index is 14.8. The van der Waals surface area contributed by atoms with E-state index in [0.717, 1.165) is 10.0 Å². The molecule has 1 aromatic carbocycles. The molecule has 8 heteroatoms. The number of hydrogen-bond acceptors (Lipinski definition) is 4. The van der Waals surface area contributed by atoms with Gasteiger partial charge in [0.2, 0.25) is 0 Å². The summed E-state index contributed by atoms with van der Waals surface area (Å²) in [6.45, 7) is 1.81. The number of rotatable bonds is 5. The number of anilines is 1. The normalized spacial score (nSPS) is 10.7. The number of benzene rings is 1. The van der Waals surface area contributed by atoms with Crippen LogP contribution in [0.3, 0.4) is 0 Å². The second-order valence-corrected chi connectivity index (χ2v) is 7.67. The highest BCUT2D eigenvalue weighted by atomic mass is 79.9. The van der Waals surface area contributed by atoms with Crippen LogP contribution in [0.1, 0.15) is 21.5 Å². The molecule has 1 heterocycles. The number of ketones is 1. The monoisotopic (exact) mass is 426 g/mol. The smallest absolute Gasteiger partial charge is 0.197 e. The molecule has 0 unspecified atom stereocenters. The average molecular weight is 427 g/mol. The Hall–Kier alpha value is -1.77. The summed E-state index contributed by atoms with van der Waals surface area (Å²) in [4.78, 5) is 12.9. The molecule has 0 atom stereocenters. The Bertz CT molecular complexity index is 830. The van der Waals surface area contributed by atoms with E-state index in [0.29, 0.717) is 5.56 Å². The first-order valence-corrected chi connectivity index (χ1v) is 9.05. The molecule has 0 aliphatic heterocycles. The number of nitrogens with zero attached hydrogens (tertiary/aromatic N) is 2. The highest BCUT2D eigenvalue weighted by Crippen LogP contribution is 2.24. The molecule has 1 aromatic heterocycles. The molecule has 0 aliphatic carbocycles. The van der Waals surface area contributed by atoms with E-state index in [2.05, 4.69) is 25.8 Å². The van der Waals surface area contributed by atoms with E-state index in [1.165, 1.54) is 18.2 Å². The number of halogens is 2. The lowest BCUT2D eigenvalue weighted by Gasteiger charge is -2.13. The molecule has 0 saturated carbocycles. The number of aromatic amines is 1. The molecule has 25 heavy (non-hydrogen) atoms. The van der Waals surface area contributed by atoms with E-state index < -0.39 is 5.82 Å². The Balaban J connectivity index is 2.48. The van der Waals surface area contributed by atoms with Crippen LogP contribution in [0.2, 0.25) is 0 Å². The highest BCUT2D eigenvalue weighted by molar-refractivity contribution is 9.10. The van der Waals surface area contributed by atoms with E-state index in [-0.39, 0.29) is 17.0 Å². The summed E-state index contributed by atoms with van der Waals surface area (Å²) in [5.41, 5.74) is 1.42. The maximum Gasteiger partial charge on any atom is 0.197 e. The van der Waals surface area contributed by atoms with E-state index in [1.54, 1.807) is 34.4 Å². The van der Waals surface area contributed by atoms with Crippen molar-refractivity contribution < 1.29 is 9.18 Å². The Morgan fingerprint density at radius 3 is 2.76 bits per heavy atom. The quantitative estimate of drug-likeness (QED) is 0.547. The first kappa shape index (κ1) is 19.6. The SMILES string of the molecule is Cc1cc(Br)cn(C)[nH]cc1C(=O)c1cccc(NSN(C)C)c1F. The third-order valence-electron chi connectivity index (χ3n) is 3.33. The van der Waals surface area contributed by atoms with Crippen LogP contribution < -0.4 is 4.72 Å². The molecule has 0 amide bonds. The first-order valence-electron chi connectivity index (χ1n) is 7.48. The van der Waals surface area contributed by atoms with E-state index >= 15 is 0 Å². The summed E-state index contributed by atoms with van der Waals surface area (Å²) in [5, 5.41) is 2.97. The maximum atomic E-state index is 14.8. The summed E-state index contributed by atoms with van der Waals surface area (Å²) in [5.74, 6) is -0.951. The number of carbonyl (C=O) groups excluding carboxylic acids is 1. The highest BCUT2D eigenvalue weighted by Gasteiger charge is 2.18. The van der Waals surface area contributed by atoms with Crippen molar-refractivity contribution in [2.75, 3.05) is 18.8 Å². The van der Waals surface area contributed by atoms with Crippen LogP contribution in [-0.2, 0) is 7.05 Å². The van der Waals surface area contributed by atoms with Crippen molar-refractivity contribution in [3.05, 3.63) is 63.6 Å². The van der Waals surface area contributed by atoms with Crippen LogP contribution >= 0.6 is 28.1 Å². The van der Waals surface area contributed by atoms with Gasteiger partial charge in [0.25, 0.3) is 0 Å². The van der Waals surface area contributed by atoms with Crippen molar-refractivity contribution in [1.29, 1.82) is 0 Å². The second-order valence-electron chi connectivity index (χ2n) is 5.64. The van der Waals surface area contributed by atoms with Gasteiger partial charge in [0.15, 0.2) is 11.6 Å². The van der Waals surface area contributed by atoms with Crippen LogP contribution in [-0.4, -0.2) is 34.0 Å². The molecular formula is C17H20BrFN4OS. The van der Waals surface area contributed by atoms with Crippen molar-refractivity contribution in [1.82, 2.24) is 14.1 Å². The molecule has 0 radical (unpaired) electrons. The Morgan fingerprint density at radius 2 is 2.08 bits per heavy atom. The summed E-state index contributed by atoms with van der Waals surface area (Å²) in [7, 11) is 5.48. The lowest BCUT2D eigenvalue weighted by Crippen LogP contribution is -2.10. The molecular weight excluding hydrogens is 407 g/mol. The molecule has 0 bridgehead atoms. The van der Waals surface area contributed by atoms with E-state index in [4.69, 9.17) is 0 Å². The van der Waals surface area contributed by atoms with Crippen LogP contribution in [0.4, 0.5) is 10.1 Å². The topological polar surface area (TPSA) is 53.1 Å². The molecule has 2 aromatic rings. The van der Waals surface area contributed by atoms with Crippen molar-refractivity contribution in [3.63, 3.8) is 0 Å². The third-order valence-corrected chi connectivity index (χ3v) is 4.44. The fourth-order valence-electron chi connectivity index (χ4n) is 2.14. The van der Waals surface area contributed by atoms with Crippen molar-refractivity contribution in [2.24, 2.45) is 7.05 Å². The zero-order valence-corrected chi connectivity index (χ0v) is 16.8. The zero-order chi connectivity index (χ0) is 18.6. The molecule has 2 rings (SSSR count). The molecule has 134 valence electrons. The fraction of sp³-hybridized carbons (Fsp3) is 0.235. The summed E-state index contributed by atoms with van der Waals surface area (Å²) in [6.07, 6.45) is 3.41. The summed E-state index contributed by atoms with van der Waals surface area (Å²) >= 11 is 4.65.